The smallest absolute Gasteiger partial charge is 0.363 e. The van der Waals surface area contributed by atoms with E-state index in [1.165, 1.54) is 0 Å². The summed E-state index contributed by atoms with van der Waals surface area (Å²) in [7, 11) is 3.73. The lowest BCUT2D eigenvalue weighted by molar-refractivity contribution is -0.143. The predicted octanol–water partition coefficient (Wildman–Crippen LogP) is 5.04. The molecule has 1 fully saturated rings. The van der Waals surface area contributed by atoms with Crippen LogP contribution >= 0.6 is 0 Å². The zero-order valence-corrected chi connectivity index (χ0v) is 18.8. The Bertz CT molecular complexity index is 997. The number of amides is 1. The first-order chi connectivity index (χ1) is 15.7. The fourth-order valence-electron chi connectivity index (χ4n) is 3.76. The van der Waals surface area contributed by atoms with Crippen molar-refractivity contribution in [3.63, 3.8) is 0 Å². The van der Waals surface area contributed by atoms with Crippen molar-refractivity contribution in [1.82, 2.24) is 15.3 Å². The Morgan fingerprint density at radius 1 is 0.882 bits per heavy atom. The maximum atomic E-state index is 13.1. The molecule has 0 saturated heterocycles. The van der Waals surface area contributed by atoms with Gasteiger partial charge in [0.25, 0.3) is 5.91 Å². The molecule has 1 aromatic carbocycles. The van der Waals surface area contributed by atoms with Gasteiger partial charge in [-0.15, -0.1) is 0 Å². The first kappa shape index (κ1) is 25.6. The number of carbonyl (C=O) groups is 1. The highest BCUT2D eigenvalue weighted by atomic mass is 19.4. The van der Waals surface area contributed by atoms with Gasteiger partial charge in [-0.3, -0.25) is 4.79 Å². The largest absolute Gasteiger partial charge is 0.416 e. The molecule has 1 aliphatic carbocycles. The van der Waals surface area contributed by atoms with Crippen molar-refractivity contribution in [2.45, 2.75) is 57.0 Å². The lowest BCUT2D eigenvalue weighted by Gasteiger charge is -2.30. The summed E-state index contributed by atoms with van der Waals surface area (Å²) in [6, 6.07) is 2.38. The minimum atomic E-state index is -5.01. The summed E-state index contributed by atoms with van der Waals surface area (Å²) < 4.78 is 78.3. The molecule has 186 valence electrons. The average molecular weight is 489 g/mol. The molecule has 0 unspecified atom stereocenters. The van der Waals surface area contributed by atoms with E-state index >= 15 is 0 Å². The molecule has 1 aromatic heterocycles. The van der Waals surface area contributed by atoms with Crippen molar-refractivity contribution in [3.05, 3.63) is 46.6 Å². The Kier molecular flexibility index (Phi) is 7.27. The van der Waals surface area contributed by atoms with Gasteiger partial charge < -0.3 is 15.5 Å². The molecule has 1 saturated carbocycles. The zero-order chi connectivity index (χ0) is 25.3. The minimum absolute atomic E-state index is 0.00271. The number of nitrogens with zero attached hydrogens (tertiary/aromatic N) is 3. The maximum absolute atomic E-state index is 13.1. The summed E-state index contributed by atoms with van der Waals surface area (Å²) >= 11 is 0. The normalized spacial score (nSPS) is 19.0. The van der Waals surface area contributed by atoms with Crippen LogP contribution in [0.25, 0.3) is 0 Å². The molecule has 1 heterocycles. The molecule has 0 radical (unpaired) electrons. The summed E-state index contributed by atoms with van der Waals surface area (Å²) in [6.07, 6.45) is -7.78. The first-order valence-electron chi connectivity index (χ1n) is 10.6. The number of halogens is 6. The van der Waals surface area contributed by atoms with Crippen molar-refractivity contribution in [2.75, 3.05) is 24.3 Å². The van der Waals surface area contributed by atoms with Crippen molar-refractivity contribution in [3.8, 4) is 0 Å². The van der Waals surface area contributed by atoms with Crippen LogP contribution in [0.4, 0.5) is 38.1 Å². The van der Waals surface area contributed by atoms with Crippen molar-refractivity contribution >= 4 is 17.7 Å². The molecule has 3 rings (SSSR count). The molecular weight excluding hydrogens is 464 g/mol. The van der Waals surface area contributed by atoms with Crippen LogP contribution in [0.3, 0.4) is 0 Å². The molecule has 0 aliphatic heterocycles. The Morgan fingerprint density at radius 2 is 1.41 bits per heavy atom. The van der Waals surface area contributed by atoms with Gasteiger partial charge in [-0.25, -0.2) is 4.98 Å². The molecule has 2 aromatic rings. The summed E-state index contributed by atoms with van der Waals surface area (Å²) in [6.45, 7) is 1.85. The number of aryl methyl sites for hydroxylation is 1. The monoisotopic (exact) mass is 489 g/mol. The van der Waals surface area contributed by atoms with Gasteiger partial charge in [-0.1, -0.05) is 0 Å². The Hall–Kier alpha value is -3.05. The molecule has 0 spiro atoms. The second-order valence-electron chi connectivity index (χ2n) is 8.55. The second-order valence-corrected chi connectivity index (χ2v) is 8.55. The highest BCUT2D eigenvalue weighted by Gasteiger charge is 2.37. The standard InChI is InChI=1S/C22H25F6N5O/c1-12-8-18(33(2)3)32-20(29-12)31-17-6-4-16(5-7-17)30-19(34)13-9-14(21(23,24)25)11-15(10-13)22(26,27)28/h8-11,16-17H,4-7H2,1-3H3,(H,30,34)(H,29,31,32). The van der Waals surface area contributed by atoms with Crippen molar-refractivity contribution in [1.29, 1.82) is 0 Å². The summed E-state index contributed by atoms with van der Waals surface area (Å²) in [5.74, 6) is 0.251. The fourth-order valence-corrected chi connectivity index (χ4v) is 3.76. The Balaban J connectivity index is 1.64. The molecule has 1 aliphatic rings. The third-order valence-corrected chi connectivity index (χ3v) is 5.54. The van der Waals surface area contributed by atoms with Crippen LogP contribution in [0.5, 0.6) is 0 Å². The molecule has 0 bridgehead atoms. The number of hydrogen-bond donors (Lipinski definition) is 2. The topological polar surface area (TPSA) is 70.2 Å². The Morgan fingerprint density at radius 3 is 1.91 bits per heavy atom. The first-order valence-corrected chi connectivity index (χ1v) is 10.6. The molecule has 6 nitrogen and oxygen atoms in total. The number of alkyl halides is 6. The third-order valence-electron chi connectivity index (χ3n) is 5.54. The van der Waals surface area contributed by atoms with Gasteiger partial charge >= 0.3 is 12.4 Å². The average Bonchev–Trinajstić information content (AvgIpc) is 2.73. The van der Waals surface area contributed by atoms with Crippen molar-refractivity contribution < 1.29 is 31.1 Å². The van der Waals surface area contributed by atoms with E-state index in [4.69, 9.17) is 0 Å². The highest BCUT2D eigenvalue weighted by molar-refractivity contribution is 5.94. The van der Waals surface area contributed by atoms with Crippen LogP contribution in [-0.4, -0.2) is 42.1 Å². The van der Waals surface area contributed by atoms with Gasteiger partial charge in [-0.2, -0.15) is 31.3 Å². The summed E-state index contributed by atoms with van der Waals surface area (Å²) in [4.78, 5) is 23.2. The van der Waals surface area contributed by atoms with E-state index in [1.807, 2.05) is 32.0 Å². The number of aromatic nitrogens is 2. The van der Waals surface area contributed by atoms with E-state index in [0.29, 0.717) is 43.8 Å². The fraction of sp³-hybridized carbons (Fsp3) is 0.500. The number of nitrogens with one attached hydrogen (secondary N) is 2. The minimum Gasteiger partial charge on any atom is -0.363 e. The highest BCUT2D eigenvalue weighted by Crippen LogP contribution is 2.36. The number of rotatable bonds is 5. The van der Waals surface area contributed by atoms with Crippen LogP contribution in [0.15, 0.2) is 24.3 Å². The summed E-state index contributed by atoms with van der Waals surface area (Å²) in [5.41, 5.74) is -2.92. The van der Waals surface area contributed by atoms with E-state index in [9.17, 15) is 31.1 Å². The van der Waals surface area contributed by atoms with Gasteiger partial charge in [0.2, 0.25) is 5.95 Å². The molecule has 0 atom stereocenters. The second kappa shape index (κ2) is 9.67. The van der Waals surface area contributed by atoms with E-state index in [2.05, 4.69) is 20.6 Å². The lowest BCUT2D eigenvalue weighted by Crippen LogP contribution is -2.40. The number of anilines is 2. The quantitative estimate of drug-likeness (QED) is 0.576. The molecule has 12 heteroatoms. The summed E-state index contributed by atoms with van der Waals surface area (Å²) in [5, 5.41) is 5.83. The number of benzene rings is 1. The maximum Gasteiger partial charge on any atom is 0.416 e. The Labute approximate surface area is 192 Å². The molecule has 1 amide bonds. The van der Waals surface area contributed by atoms with Crippen LogP contribution in [0, 0.1) is 6.92 Å². The third kappa shape index (κ3) is 6.51. The molecule has 34 heavy (non-hydrogen) atoms. The van der Waals surface area contributed by atoms with Gasteiger partial charge in [0.1, 0.15) is 5.82 Å². The number of carbonyl (C=O) groups excluding carboxylic acids is 1. The lowest BCUT2D eigenvalue weighted by atomic mass is 9.91. The number of hydrogen-bond acceptors (Lipinski definition) is 5. The van der Waals surface area contributed by atoms with Crippen LogP contribution in [0.1, 0.15) is 52.9 Å². The molecule has 2 N–H and O–H groups in total. The van der Waals surface area contributed by atoms with Crippen molar-refractivity contribution in [2.24, 2.45) is 0 Å². The van der Waals surface area contributed by atoms with E-state index in [-0.39, 0.29) is 18.2 Å². The van der Waals surface area contributed by atoms with Gasteiger partial charge in [-0.05, 0) is 50.8 Å². The van der Waals surface area contributed by atoms with Crippen LogP contribution in [-0.2, 0) is 12.4 Å². The van der Waals surface area contributed by atoms with E-state index < -0.39 is 35.0 Å². The van der Waals surface area contributed by atoms with E-state index in [1.54, 1.807) is 0 Å². The SMILES string of the molecule is Cc1cc(N(C)C)nc(NC2CCC(NC(=O)c3cc(C(F)(F)F)cc(C(F)(F)F)c3)CC2)n1. The van der Waals surface area contributed by atoms with Crippen LogP contribution in [0.2, 0.25) is 0 Å². The van der Waals surface area contributed by atoms with Gasteiger partial charge in [0.15, 0.2) is 0 Å². The van der Waals surface area contributed by atoms with Gasteiger partial charge in [0.05, 0.1) is 11.1 Å². The zero-order valence-electron chi connectivity index (χ0n) is 18.8. The predicted molar refractivity (Wildman–Crippen MR) is 115 cm³/mol. The van der Waals surface area contributed by atoms with Gasteiger partial charge in [0, 0.05) is 43.5 Å². The van der Waals surface area contributed by atoms with Crippen LogP contribution < -0.4 is 15.5 Å². The molecular formula is C22H25F6N5O. The van der Waals surface area contributed by atoms with E-state index in [0.717, 1.165) is 11.5 Å².